The zero-order chi connectivity index (χ0) is 14.3. The maximum absolute atomic E-state index is 11.1. The molecule has 2 atom stereocenters. The van der Waals surface area contributed by atoms with Gasteiger partial charge in [-0.3, -0.25) is 19.2 Å². The first kappa shape index (κ1) is 15.9. The molecular formula is C10H14O8. The molecule has 0 bridgehead atoms. The van der Waals surface area contributed by atoms with Gasteiger partial charge in [0.2, 0.25) is 0 Å². The van der Waals surface area contributed by atoms with Crippen LogP contribution in [0.25, 0.3) is 0 Å². The molecule has 0 aromatic rings. The van der Waals surface area contributed by atoms with Gasteiger partial charge in [-0.25, -0.2) is 0 Å². The number of esters is 2. The van der Waals surface area contributed by atoms with Crippen molar-refractivity contribution >= 4 is 23.9 Å². The van der Waals surface area contributed by atoms with E-state index in [1.807, 2.05) is 0 Å². The van der Waals surface area contributed by atoms with Crippen molar-refractivity contribution in [3.8, 4) is 0 Å². The second-order valence-corrected chi connectivity index (χ2v) is 3.41. The van der Waals surface area contributed by atoms with E-state index in [-0.39, 0.29) is 12.8 Å². The van der Waals surface area contributed by atoms with Crippen molar-refractivity contribution in [3.05, 3.63) is 0 Å². The van der Waals surface area contributed by atoms with Crippen molar-refractivity contribution in [3.63, 3.8) is 0 Å². The van der Waals surface area contributed by atoms with E-state index in [9.17, 15) is 19.2 Å². The Labute approximate surface area is 102 Å². The number of ether oxygens (including phenoxy) is 2. The number of carbonyl (C=O) groups is 4. The molecule has 0 saturated carbocycles. The summed E-state index contributed by atoms with van der Waals surface area (Å²) in [7, 11) is 2.04. The largest absolute Gasteiger partial charge is 0.481 e. The minimum absolute atomic E-state index is 0.325. The Morgan fingerprint density at radius 3 is 1.28 bits per heavy atom. The highest BCUT2D eigenvalue weighted by molar-refractivity contribution is 5.95. The molecule has 8 nitrogen and oxygen atoms in total. The second kappa shape index (κ2) is 7.25. The molecule has 2 N–H and O–H groups in total. The van der Waals surface area contributed by atoms with Crippen molar-refractivity contribution < 1.29 is 38.9 Å². The van der Waals surface area contributed by atoms with E-state index >= 15 is 0 Å². The van der Waals surface area contributed by atoms with Crippen LogP contribution in [0.2, 0.25) is 0 Å². The van der Waals surface area contributed by atoms with Crippen LogP contribution in [0.5, 0.6) is 0 Å². The third-order valence-corrected chi connectivity index (χ3v) is 2.31. The zero-order valence-electron chi connectivity index (χ0n) is 9.91. The van der Waals surface area contributed by atoms with Crippen LogP contribution >= 0.6 is 0 Å². The summed E-state index contributed by atoms with van der Waals surface area (Å²) >= 11 is 0. The lowest BCUT2D eigenvalue weighted by Gasteiger charge is -2.13. The van der Waals surface area contributed by atoms with Gasteiger partial charge in [0.25, 0.3) is 0 Å². The summed E-state index contributed by atoms with van der Waals surface area (Å²) in [5.74, 6) is -7.84. The number of carbonyl (C=O) groups excluding carboxylic acids is 2. The number of methoxy groups -OCH3 is 2. The highest BCUT2D eigenvalue weighted by Gasteiger charge is 2.33. The Hall–Kier alpha value is -2.12. The fraction of sp³-hybridized carbons (Fsp3) is 0.600. The SMILES string of the molecule is COC(=O)C(CCC(C(=O)O)C(=O)OC)C(=O)O. The monoisotopic (exact) mass is 262 g/mol. The molecule has 0 rings (SSSR count). The summed E-state index contributed by atoms with van der Waals surface area (Å²) in [6.45, 7) is 0. The van der Waals surface area contributed by atoms with Crippen LogP contribution in [0.3, 0.4) is 0 Å². The second-order valence-electron chi connectivity index (χ2n) is 3.41. The maximum Gasteiger partial charge on any atom is 0.320 e. The van der Waals surface area contributed by atoms with Crippen LogP contribution < -0.4 is 0 Å². The Balaban J connectivity index is 4.67. The van der Waals surface area contributed by atoms with E-state index in [0.29, 0.717) is 0 Å². The van der Waals surface area contributed by atoms with E-state index < -0.39 is 35.7 Å². The van der Waals surface area contributed by atoms with E-state index in [1.165, 1.54) is 0 Å². The van der Waals surface area contributed by atoms with Crippen LogP contribution in [0.1, 0.15) is 12.8 Å². The minimum atomic E-state index is -1.50. The minimum Gasteiger partial charge on any atom is -0.481 e. The topological polar surface area (TPSA) is 127 Å². The third-order valence-electron chi connectivity index (χ3n) is 2.31. The molecule has 0 saturated heterocycles. The Bertz CT molecular complexity index is 314. The van der Waals surface area contributed by atoms with Crippen molar-refractivity contribution in [2.45, 2.75) is 12.8 Å². The highest BCUT2D eigenvalue weighted by atomic mass is 16.5. The van der Waals surface area contributed by atoms with E-state index in [0.717, 1.165) is 14.2 Å². The number of carboxylic acids is 2. The molecule has 0 amide bonds. The van der Waals surface area contributed by atoms with Crippen molar-refractivity contribution in [2.24, 2.45) is 11.8 Å². The van der Waals surface area contributed by atoms with Crippen molar-refractivity contribution in [1.82, 2.24) is 0 Å². The lowest BCUT2D eigenvalue weighted by atomic mass is 9.96. The lowest BCUT2D eigenvalue weighted by Crippen LogP contribution is -2.29. The number of carboxylic acid groups (broad SMARTS) is 2. The molecule has 2 unspecified atom stereocenters. The average Bonchev–Trinajstić information content (AvgIpc) is 2.31. The Morgan fingerprint density at radius 2 is 1.11 bits per heavy atom. The smallest absolute Gasteiger partial charge is 0.320 e. The number of rotatable bonds is 7. The summed E-state index contributed by atoms with van der Waals surface area (Å²) in [6, 6.07) is 0. The summed E-state index contributed by atoms with van der Waals surface area (Å²) in [5, 5.41) is 17.5. The molecule has 0 heterocycles. The third kappa shape index (κ3) is 4.40. The van der Waals surface area contributed by atoms with Gasteiger partial charge in [0.15, 0.2) is 11.8 Å². The molecule has 0 aliphatic heterocycles. The predicted octanol–water partition coefficient (Wildman–Crippen LogP) is -0.486. The van der Waals surface area contributed by atoms with Gasteiger partial charge >= 0.3 is 23.9 Å². The normalized spacial score (nSPS) is 13.2. The van der Waals surface area contributed by atoms with Gasteiger partial charge in [-0.1, -0.05) is 0 Å². The van der Waals surface area contributed by atoms with Gasteiger partial charge in [0.1, 0.15) is 0 Å². The summed E-state index contributed by atoms with van der Waals surface area (Å²) in [4.78, 5) is 43.7. The molecule has 0 aromatic heterocycles. The molecule has 0 radical (unpaired) electrons. The van der Waals surface area contributed by atoms with Gasteiger partial charge in [0, 0.05) is 0 Å². The van der Waals surface area contributed by atoms with Crippen LogP contribution in [-0.2, 0) is 28.7 Å². The maximum atomic E-state index is 11.1. The van der Waals surface area contributed by atoms with Gasteiger partial charge in [-0.05, 0) is 12.8 Å². The summed E-state index contributed by atoms with van der Waals surface area (Å²) in [5.41, 5.74) is 0. The molecule has 18 heavy (non-hydrogen) atoms. The molecule has 0 aliphatic carbocycles. The fourth-order valence-electron chi connectivity index (χ4n) is 1.30. The van der Waals surface area contributed by atoms with Crippen LogP contribution in [0.15, 0.2) is 0 Å². The van der Waals surface area contributed by atoms with Crippen molar-refractivity contribution in [2.75, 3.05) is 14.2 Å². The molecule has 0 aromatic carbocycles. The first-order chi connectivity index (χ1) is 8.34. The molecular weight excluding hydrogens is 248 g/mol. The van der Waals surface area contributed by atoms with E-state index in [4.69, 9.17) is 10.2 Å². The van der Waals surface area contributed by atoms with E-state index in [1.54, 1.807) is 0 Å². The standard InChI is InChI=1S/C10H14O8/c1-17-9(15)5(7(11)12)3-4-6(8(13)14)10(16)18-2/h5-6H,3-4H2,1-2H3,(H,11,12)(H,13,14). The highest BCUT2D eigenvalue weighted by Crippen LogP contribution is 2.16. The summed E-state index contributed by atoms with van der Waals surface area (Å²) in [6.07, 6.45) is -0.651. The van der Waals surface area contributed by atoms with Gasteiger partial charge < -0.3 is 19.7 Å². The fourth-order valence-corrected chi connectivity index (χ4v) is 1.30. The van der Waals surface area contributed by atoms with Gasteiger partial charge in [-0.2, -0.15) is 0 Å². The molecule has 8 heteroatoms. The van der Waals surface area contributed by atoms with Crippen LogP contribution in [0, 0.1) is 11.8 Å². The van der Waals surface area contributed by atoms with Crippen molar-refractivity contribution in [1.29, 1.82) is 0 Å². The number of hydrogen-bond acceptors (Lipinski definition) is 6. The Morgan fingerprint density at radius 1 is 0.833 bits per heavy atom. The zero-order valence-corrected chi connectivity index (χ0v) is 9.91. The molecule has 0 aliphatic rings. The lowest BCUT2D eigenvalue weighted by molar-refractivity contribution is -0.162. The molecule has 0 fully saturated rings. The first-order valence-corrected chi connectivity index (χ1v) is 4.96. The molecule has 102 valence electrons. The van der Waals surface area contributed by atoms with Crippen LogP contribution in [0.4, 0.5) is 0 Å². The van der Waals surface area contributed by atoms with Crippen LogP contribution in [-0.4, -0.2) is 48.3 Å². The predicted molar refractivity (Wildman–Crippen MR) is 55.5 cm³/mol. The molecule has 0 spiro atoms. The van der Waals surface area contributed by atoms with E-state index in [2.05, 4.69) is 9.47 Å². The quantitative estimate of drug-likeness (QED) is 0.465. The Kier molecular flexibility index (Phi) is 6.40. The number of aliphatic carboxylic acids is 2. The first-order valence-electron chi connectivity index (χ1n) is 4.96. The van der Waals surface area contributed by atoms with Gasteiger partial charge in [-0.15, -0.1) is 0 Å². The number of hydrogen-bond donors (Lipinski definition) is 2. The average molecular weight is 262 g/mol. The van der Waals surface area contributed by atoms with Gasteiger partial charge in [0.05, 0.1) is 14.2 Å². The summed E-state index contributed by atoms with van der Waals surface area (Å²) < 4.78 is 8.54.